The number of carboxylic acid groups (broad SMARTS) is 1. The number of amides is 1. The highest BCUT2D eigenvalue weighted by Gasteiger charge is 2.28. The van der Waals surface area contributed by atoms with Crippen LogP contribution in [0.2, 0.25) is 0 Å². The van der Waals surface area contributed by atoms with E-state index in [0.29, 0.717) is 6.54 Å². The minimum atomic E-state index is -1.13. The fourth-order valence-corrected chi connectivity index (χ4v) is 2.41. The first-order valence-electron chi connectivity index (χ1n) is 5.64. The van der Waals surface area contributed by atoms with Gasteiger partial charge in [-0.2, -0.15) is 0 Å². The molecule has 90 valence electrons. The molecule has 1 atom stereocenters. The molecule has 0 radical (unpaired) electrons. The van der Waals surface area contributed by atoms with Gasteiger partial charge in [0.15, 0.2) is 0 Å². The summed E-state index contributed by atoms with van der Waals surface area (Å²) in [5, 5.41) is 10.8. The Morgan fingerprint density at radius 1 is 1.41 bits per heavy atom. The van der Waals surface area contributed by atoms with Crippen LogP contribution in [0.15, 0.2) is 24.3 Å². The highest BCUT2D eigenvalue weighted by Crippen LogP contribution is 2.31. The fourth-order valence-electron chi connectivity index (χ4n) is 2.41. The van der Waals surface area contributed by atoms with Crippen LogP contribution >= 0.6 is 0 Å². The predicted molar refractivity (Wildman–Crippen MR) is 59.9 cm³/mol. The van der Waals surface area contributed by atoms with Crippen molar-refractivity contribution < 1.29 is 14.7 Å². The lowest BCUT2D eigenvalue weighted by Crippen LogP contribution is -2.41. The van der Waals surface area contributed by atoms with E-state index in [1.807, 2.05) is 24.3 Å². The number of rotatable bonds is 2. The molecule has 0 aromatic heterocycles. The third-order valence-corrected chi connectivity index (χ3v) is 3.18. The number of fused-ring (bicyclic) bond motifs is 1. The van der Waals surface area contributed by atoms with E-state index < -0.39 is 5.97 Å². The molecular weight excluding hydrogens is 218 g/mol. The number of benzene rings is 1. The molecule has 0 saturated heterocycles. The van der Waals surface area contributed by atoms with E-state index in [0.717, 1.165) is 17.5 Å². The second-order valence-corrected chi connectivity index (χ2v) is 4.25. The van der Waals surface area contributed by atoms with Crippen molar-refractivity contribution in [3.05, 3.63) is 35.4 Å². The number of carbonyl (C=O) groups is 2. The third-order valence-electron chi connectivity index (χ3n) is 3.18. The lowest BCUT2D eigenvalue weighted by atomic mass is 9.91. The molecule has 1 aliphatic rings. The van der Waals surface area contributed by atoms with Crippen molar-refractivity contribution in [1.29, 1.82) is 0 Å². The Morgan fingerprint density at radius 3 is 2.76 bits per heavy atom. The van der Waals surface area contributed by atoms with Crippen molar-refractivity contribution in [1.82, 2.24) is 4.90 Å². The normalized spacial score (nSPS) is 18.6. The molecule has 0 aliphatic carbocycles. The van der Waals surface area contributed by atoms with Crippen molar-refractivity contribution >= 4 is 11.9 Å². The summed E-state index contributed by atoms with van der Waals surface area (Å²) >= 11 is 0. The van der Waals surface area contributed by atoms with Gasteiger partial charge in [0.05, 0.1) is 6.04 Å². The van der Waals surface area contributed by atoms with Crippen LogP contribution < -0.4 is 5.11 Å². The molecule has 1 aliphatic heterocycles. The molecule has 0 saturated carbocycles. The molecule has 0 unspecified atom stereocenters. The van der Waals surface area contributed by atoms with Gasteiger partial charge < -0.3 is 14.8 Å². The van der Waals surface area contributed by atoms with Crippen LogP contribution in [0.25, 0.3) is 0 Å². The Hall–Kier alpha value is -1.84. The Bertz CT molecular complexity index is 456. The number of aliphatic carboxylic acids is 1. The summed E-state index contributed by atoms with van der Waals surface area (Å²) in [6.45, 7) is 2.04. The van der Waals surface area contributed by atoms with Crippen molar-refractivity contribution in [3.63, 3.8) is 0 Å². The van der Waals surface area contributed by atoms with Gasteiger partial charge in [0, 0.05) is 25.9 Å². The van der Waals surface area contributed by atoms with Crippen molar-refractivity contribution in [3.8, 4) is 0 Å². The smallest absolute Gasteiger partial charge is 0.219 e. The summed E-state index contributed by atoms with van der Waals surface area (Å²) in [5.41, 5.74) is 2.05. The Kier molecular flexibility index (Phi) is 3.13. The van der Waals surface area contributed by atoms with Gasteiger partial charge in [-0.25, -0.2) is 0 Å². The molecule has 1 aromatic rings. The van der Waals surface area contributed by atoms with Gasteiger partial charge in [0.1, 0.15) is 0 Å². The number of nitrogens with zero attached hydrogens (tertiary/aromatic N) is 1. The molecule has 0 N–H and O–H groups in total. The molecule has 0 spiro atoms. The van der Waals surface area contributed by atoms with Crippen LogP contribution in [-0.2, 0) is 16.0 Å². The zero-order chi connectivity index (χ0) is 12.4. The van der Waals surface area contributed by atoms with Crippen LogP contribution in [0.4, 0.5) is 0 Å². The molecule has 0 fully saturated rings. The summed E-state index contributed by atoms with van der Waals surface area (Å²) in [7, 11) is 0. The number of hydrogen-bond acceptors (Lipinski definition) is 3. The average Bonchev–Trinajstić information content (AvgIpc) is 2.28. The van der Waals surface area contributed by atoms with Crippen molar-refractivity contribution in [2.24, 2.45) is 0 Å². The average molecular weight is 232 g/mol. The lowest BCUT2D eigenvalue weighted by Gasteiger charge is -2.37. The zero-order valence-corrected chi connectivity index (χ0v) is 9.68. The van der Waals surface area contributed by atoms with Crippen LogP contribution in [0.1, 0.15) is 30.5 Å². The van der Waals surface area contributed by atoms with Gasteiger partial charge in [0.2, 0.25) is 5.91 Å². The molecular formula is C13H14NO3-. The Balaban J connectivity index is 2.38. The first-order valence-corrected chi connectivity index (χ1v) is 5.64. The van der Waals surface area contributed by atoms with Crippen LogP contribution in [0.5, 0.6) is 0 Å². The summed E-state index contributed by atoms with van der Waals surface area (Å²) < 4.78 is 0. The highest BCUT2D eigenvalue weighted by atomic mass is 16.4. The van der Waals surface area contributed by atoms with Gasteiger partial charge in [-0.3, -0.25) is 4.79 Å². The minimum Gasteiger partial charge on any atom is -0.550 e. The SMILES string of the molecule is CC(=O)N1CCc2ccccc2[C@H]1CC(=O)[O-]. The van der Waals surface area contributed by atoms with Gasteiger partial charge in [0.25, 0.3) is 0 Å². The van der Waals surface area contributed by atoms with Gasteiger partial charge >= 0.3 is 0 Å². The van der Waals surface area contributed by atoms with Gasteiger partial charge in [-0.15, -0.1) is 0 Å². The largest absolute Gasteiger partial charge is 0.550 e. The maximum atomic E-state index is 11.5. The molecule has 4 nitrogen and oxygen atoms in total. The van der Waals surface area contributed by atoms with E-state index >= 15 is 0 Å². The topological polar surface area (TPSA) is 60.4 Å². The summed E-state index contributed by atoms with van der Waals surface area (Å²) in [4.78, 5) is 23.9. The van der Waals surface area contributed by atoms with Crippen LogP contribution in [-0.4, -0.2) is 23.3 Å². The van der Waals surface area contributed by atoms with E-state index in [-0.39, 0.29) is 18.4 Å². The van der Waals surface area contributed by atoms with Crippen LogP contribution in [0, 0.1) is 0 Å². The molecule has 1 heterocycles. The molecule has 1 aromatic carbocycles. The summed E-state index contributed by atoms with van der Waals surface area (Å²) in [5.74, 6) is -1.22. The fraction of sp³-hybridized carbons (Fsp3) is 0.385. The maximum absolute atomic E-state index is 11.5. The van der Waals surface area contributed by atoms with Gasteiger partial charge in [-0.1, -0.05) is 24.3 Å². The summed E-state index contributed by atoms with van der Waals surface area (Å²) in [6, 6.07) is 7.28. The standard InChI is InChI=1S/C13H15NO3/c1-9(15)14-7-6-10-4-2-3-5-11(10)12(14)8-13(16)17/h2-5,12H,6-8H2,1H3,(H,16,17)/p-1/t12-/m1/s1. The predicted octanol–water partition coefficient (Wildman–Crippen LogP) is 0.272. The van der Waals surface area contributed by atoms with E-state index in [4.69, 9.17) is 0 Å². The van der Waals surface area contributed by atoms with Crippen LogP contribution in [0.3, 0.4) is 0 Å². The van der Waals surface area contributed by atoms with Crippen molar-refractivity contribution in [2.45, 2.75) is 25.8 Å². The molecule has 2 rings (SSSR count). The molecule has 1 amide bonds. The summed E-state index contributed by atoms with van der Waals surface area (Å²) in [6.07, 6.45) is 0.635. The number of carboxylic acids is 1. The molecule has 0 bridgehead atoms. The molecule has 17 heavy (non-hydrogen) atoms. The quantitative estimate of drug-likeness (QED) is 0.735. The second kappa shape index (κ2) is 4.57. The Labute approximate surface area is 99.9 Å². The first-order chi connectivity index (χ1) is 8.09. The van der Waals surface area contributed by atoms with Crippen molar-refractivity contribution in [2.75, 3.05) is 6.54 Å². The highest BCUT2D eigenvalue weighted by molar-refractivity contribution is 5.76. The number of carbonyl (C=O) groups excluding carboxylic acids is 2. The van der Waals surface area contributed by atoms with E-state index in [2.05, 4.69) is 0 Å². The second-order valence-electron chi connectivity index (χ2n) is 4.25. The maximum Gasteiger partial charge on any atom is 0.219 e. The Morgan fingerprint density at radius 2 is 2.12 bits per heavy atom. The monoisotopic (exact) mass is 232 g/mol. The van der Waals surface area contributed by atoms with E-state index in [1.54, 1.807) is 4.90 Å². The molecule has 4 heteroatoms. The van der Waals surface area contributed by atoms with Gasteiger partial charge in [-0.05, 0) is 17.5 Å². The zero-order valence-electron chi connectivity index (χ0n) is 9.68. The lowest BCUT2D eigenvalue weighted by molar-refractivity contribution is -0.306. The minimum absolute atomic E-state index is 0.0919. The van der Waals surface area contributed by atoms with E-state index in [9.17, 15) is 14.7 Å². The first kappa shape index (κ1) is 11.6. The van der Waals surface area contributed by atoms with E-state index in [1.165, 1.54) is 6.92 Å². The number of hydrogen-bond donors (Lipinski definition) is 0. The third kappa shape index (κ3) is 2.30.